The molecule has 3 N–H and O–H groups in total. The number of carbonyl (C=O) groups is 2. The first kappa shape index (κ1) is 19.8. The average molecular weight is 415 g/mol. The van der Waals surface area contributed by atoms with Crippen molar-refractivity contribution in [3.05, 3.63) is 63.5 Å². The molecular formula is C18H13N3O7S. The van der Waals surface area contributed by atoms with Crippen molar-refractivity contribution in [2.24, 2.45) is 0 Å². The number of rotatable bonds is 6. The third-order valence-electron chi connectivity index (χ3n) is 3.64. The Kier molecular flexibility index (Phi) is 5.69. The number of ether oxygens (including phenoxy) is 1. The number of nitro groups is 1. The van der Waals surface area contributed by atoms with E-state index in [2.05, 4.69) is 10.3 Å². The number of hydrogen-bond donors (Lipinski definition) is 3. The minimum atomic E-state index is -0.936. The number of aromatic nitrogens is 1. The highest BCUT2D eigenvalue weighted by Gasteiger charge is 2.16. The highest BCUT2D eigenvalue weighted by Crippen LogP contribution is 2.27. The summed E-state index contributed by atoms with van der Waals surface area (Å²) in [5.41, 5.74) is 0.688. The van der Waals surface area contributed by atoms with Crippen LogP contribution in [0.1, 0.15) is 10.4 Å². The van der Waals surface area contributed by atoms with Crippen LogP contribution in [0.15, 0.2) is 47.8 Å². The number of nitrogens with one attached hydrogen (secondary N) is 1. The lowest BCUT2D eigenvalue weighted by atomic mass is 10.1. The van der Waals surface area contributed by atoms with Crippen LogP contribution in [0, 0.1) is 10.1 Å². The van der Waals surface area contributed by atoms with E-state index in [1.54, 1.807) is 11.4 Å². The van der Waals surface area contributed by atoms with Crippen molar-refractivity contribution < 1.29 is 29.5 Å². The minimum absolute atomic E-state index is 0.0783. The summed E-state index contributed by atoms with van der Waals surface area (Å²) in [4.78, 5) is 38.4. The topological polar surface area (TPSA) is 152 Å². The summed E-state index contributed by atoms with van der Waals surface area (Å²) >= 11 is 1.10. The molecule has 148 valence electrons. The van der Waals surface area contributed by atoms with Crippen LogP contribution in [-0.2, 0) is 9.53 Å². The first-order valence-corrected chi connectivity index (χ1v) is 8.91. The SMILES string of the molecule is O=C(COC(=O)c1ccc(O)cc1O)Nc1nc(-c2cccc([N+](=O)[O-])c2)cs1. The van der Waals surface area contributed by atoms with E-state index in [9.17, 15) is 29.9 Å². The van der Waals surface area contributed by atoms with Crippen LogP contribution >= 0.6 is 11.3 Å². The third-order valence-corrected chi connectivity index (χ3v) is 4.40. The Hall–Kier alpha value is -3.99. The van der Waals surface area contributed by atoms with Crippen LogP contribution in [-0.4, -0.2) is 38.6 Å². The molecule has 0 aliphatic carbocycles. The number of nitrogens with zero attached hydrogens (tertiary/aromatic N) is 2. The van der Waals surface area contributed by atoms with E-state index < -0.39 is 29.2 Å². The lowest BCUT2D eigenvalue weighted by Gasteiger charge is -2.06. The molecular weight excluding hydrogens is 402 g/mol. The van der Waals surface area contributed by atoms with E-state index in [4.69, 9.17) is 4.74 Å². The second-order valence-electron chi connectivity index (χ2n) is 5.67. The first-order chi connectivity index (χ1) is 13.8. The fourth-order valence-electron chi connectivity index (χ4n) is 2.30. The summed E-state index contributed by atoms with van der Waals surface area (Å²) in [5, 5.41) is 34.0. The van der Waals surface area contributed by atoms with Gasteiger partial charge in [-0.2, -0.15) is 0 Å². The number of thiazole rings is 1. The Morgan fingerprint density at radius 2 is 2.00 bits per heavy atom. The van der Waals surface area contributed by atoms with Crippen LogP contribution in [0.2, 0.25) is 0 Å². The molecule has 0 aliphatic rings. The van der Waals surface area contributed by atoms with Gasteiger partial charge < -0.3 is 14.9 Å². The Labute approximate surface area is 167 Å². The van der Waals surface area contributed by atoms with E-state index in [0.29, 0.717) is 11.3 Å². The van der Waals surface area contributed by atoms with Crippen molar-refractivity contribution in [1.29, 1.82) is 0 Å². The molecule has 0 saturated carbocycles. The standard InChI is InChI=1S/C18H13N3O7S/c22-12-4-5-13(15(23)7-12)17(25)28-8-16(24)20-18-19-14(9-29-18)10-2-1-3-11(6-10)21(26)27/h1-7,9,22-23H,8H2,(H,19,20,24). The summed E-state index contributed by atoms with van der Waals surface area (Å²) in [5.74, 6) is -2.29. The summed E-state index contributed by atoms with van der Waals surface area (Å²) in [7, 11) is 0. The normalized spacial score (nSPS) is 10.3. The number of amides is 1. The average Bonchev–Trinajstić information content (AvgIpc) is 3.14. The van der Waals surface area contributed by atoms with Crippen molar-refractivity contribution in [3.63, 3.8) is 0 Å². The highest BCUT2D eigenvalue weighted by molar-refractivity contribution is 7.14. The first-order valence-electron chi connectivity index (χ1n) is 8.03. The molecule has 1 amide bonds. The van der Waals surface area contributed by atoms with Gasteiger partial charge in [-0.3, -0.25) is 20.2 Å². The summed E-state index contributed by atoms with van der Waals surface area (Å²) in [6, 6.07) is 9.24. The van der Waals surface area contributed by atoms with Crippen LogP contribution in [0.4, 0.5) is 10.8 Å². The second-order valence-corrected chi connectivity index (χ2v) is 6.53. The Morgan fingerprint density at radius 3 is 2.72 bits per heavy atom. The Balaban J connectivity index is 1.60. The predicted molar refractivity (Wildman–Crippen MR) is 103 cm³/mol. The zero-order valence-electron chi connectivity index (χ0n) is 14.6. The zero-order valence-corrected chi connectivity index (χ0v) is 15.4. The van der Waals surface area contributed by atoms with Crippen LogP contribution in [0.25, 0.3) is 11.3 Å². The maximum Gasteiger partial charge on any atom is 0.342 e. The molecule has 0 saturated heterocycles. The maximum absolute atomic E-state index is 12.0. The van der Waals surface area contributed by atoms with Crippen molar-refractivity contribution in [1.82, 2.24) is 4.98 Å². The number of hydrogen-bond acceptors (Lipinski definition) is 9. The molecule has 29 heavy (non-hydrogen) atoms. The number of phenolic OH excluding ortho intramolecular Hbond substituents is 2. The van der Waals surface area contributed by atoms with E-state index >= 15 is 0 Å². The molecule has 1 aromatic heterocycles. The third kappa shape index (κ3) is 4.84. The molecule has 0 aliphatic heterocycles. The highest BCUT2D eigenvalue weighted by atomic mass is 32.1. The van der Waals surface area contributed by atoms with Gasteiger partial charge in [0, 0.05) is 29.1 Å². The molecule has 0 atom stereocenters. The number of carbonyl (C=O) groups excluding carboxylic acids is 2. The predicted octanol–water partition coefficient (Wildman–Crippen LogP) is 2.93. The second kappa shape index (κ2) is 8.35. The zero-order chi connectivity index (χ0) is 21.0. The molecule has 11 heteroatoms. The molecule has 0 spiro atoms. The van der Waals surface area contributed by atoms with Gasteiger partial charge in [0.15, 0.2) is 11.7 Å². The van der Waals surface area contributed by atoms with Gasteiger partial charge in [0.05, 0.1) is 10.6 Å². The smallest absolute Gasteiger partial charge is 0.342 e. The quantitative estimate of drug-likeness (QED) is 0.316. The van der Waals surface area contributed by atoms with E-state index in [1.807, 2.05) is 0 Å². The number of phenols is 2. The van der Waals surface area contributed by atoms with Gasteiger partial charge in [0.2, 0.25) is 0 Å². The van der Waals surface area contributed by atoms with E-state index in [0.717, 1.165) is 23.5 Å². The Morgan fingerprint density at radius 1 is 1.21 bits per heavy atom. The number of benzene rings is 2. The number of non-ortho nitro benzene ring substituents is 1. The molecule has 0 unspecified atom stereocenters. The summed E-state index contributed by atoms with van der Waals surface area (Å²) in [6.45, 7) is -0.620. The largest absolute Gasteiger partial charge is 0.508 e. The van der Waals surface area contributed by atoms with E-state index in [-0.39, 0.29) is 22.1 Å². The lowest BCUT2D eigenvalue weighted by molar-refractivity contribution is -0.384. The van der Waals surface area contributed by atoms with Gasteiger partial charge in [-0.05, 0) is 12.1 Å². The van der Waals surface area contributed by atoms with Gasteiger partial charge in [-0.25, -0.2) is 9.78 Å². The van der Waals surface area contributed by atoms with Crippen LogP contribution in [0.3, 0.4) is 0 Å². The lowest BCUT2D eigenvalue weighted by Crippen LogP contribution is -2.20. The molecule has 1 heterocycles. The van der Waals surface area contributed by atoms with Gasteiger partial charge in [0.1, 0.15) is 17.1 Å². The molecule has 0 fully saturated rings. The maximum atomic E-state index is 12.0. The number of anilines is 1. The van der Waals surface area contributed by atoms with Gasteiger partial charge in [0.25, 0.3) is 11.6 Å². The van der Waals surface area contributed by atoms with Gasteiger partial charge in [-0.1, -0.05) is 12.1 Å². The molecule has 3 rings (SSSR count). The van der Waals surface area contributed by atoms with Gasteiger partial charge in [-0.15, -0.1) is 11.3 Å². The molecule has 0 bridgehead atoms. The fourth-order valence-corrected chi connectivity index (χ4v) is 3.04. The van der Waals surface area contributed by atoms with Crippen LogP contribution < -0.4 is 5.32 Å². The van der Waals surface area contributed by atoms with Crippen molar-refractivity contribution in [2.45, 2.75) is 0 Å². The molecule has 3 aromatic rings. The van der Waals surface area contributed by atoms with Gasteiger partial charge >= 0.3 is 5.97 Å². The van der Waals surface area contributed by atoms with Crippen molar-refractivity contribution in [3.8, 4) is 22.8 Å². The molecule has 0 radical (unpaired) electrons. The minimum Gasteiger partial charge on any atom is -0.508 e. The fraction of sp³-hybridized carbons (Fsp3) is 0.0556. The number of nitro benzene ring substituents is 1. The number of esters is 1. The number of aromatic hydroxyl groups is 2. The Bertz CT molecular complexity index is 1100. The van der Waals surface area contributed by atoms with Crippen LogP contribution in [0.5, 0.6) is 11.5 Å². The van der Waals surface area contributed by atoms with Crippen molar-refractivity contribution in [2.75, 3.05) is 11.9 Å². The van der Waals surface area contributed by atoms with Crippen molar-refractivity contribution >= 4 is 34.0 Å². The monoisotopic (exact) mass is 415 g/mol. The summed E-state index contributed by atoms with van der Waals surface area (Å²) in [6.07, 6.45) is 0. The van der Waals surface area contributed by atoms with E-state index in [1.165, 1.54) is 24.3 Å². The molecule has 10 nitrogen and oxygen atoms in total. The summed E-state index contributed by atoms with van der Waals surface area (Å²) < 4.78 is 4.83. The molecule has 2 aromatic carbocycles.